The molecule has 0 saturated carbocycles. The van der Waals surface area contributed by atoms with Gasteiger partial charge >= 0.3 is 0 Å². The van der Waals surface area contributed by atoms with Gasteiger partial charge in [-0.1, -0.05) is 30.3 Å². The number of hydrogen-bond donors (Lipinski definition) is 2. The molecule has 1 aliphatic rings. The molecule has 0 bridgehead atoms. The van der Waals surface area contributed by atoms with Crippen molar-refractivity contribution >= 4 is 40.8 Å². The van der Waals surface area contributed by atoms with Crippen LogP contribution in [0, 0.1) is 4.77 Å². The lowest BCUT2D eigenvalue weighted by Gasteiger charge is -2.12. The SMILES string of the molecule is COc1cc2nc(=S)n3c(c2cc1OC)NC(CCC(=O)NCc1ccccc1)C3=O. The third-order valence-electron chi connectivity index (χ3n) is 5.21. The third-order valence-corrected chi connectivity index (χ3v) is 5.48. The van der Waals surface area contributed by atoms with Crippen molar-refractivity contribution in [2.75, 3.05) is 19.5 Å². The fourth-order valence-corrected chi connectivity index (χ4v) is 3.88. The number of hydrogen-bond acceptors (Lipinski definition) is 7. The first-order chi connectivity index (χ1) is 15.0. The maximum absolute atomic E-state index is 12.9. The molecule has 9 heteroatoms. The molecule has 160 valence electrons. The Morgan fingerprint density at radius 2 is 1.90 bits per heavy atom. The molecule has 1 aliphatic heterocycles. The number of amides is 1. The van der Waals surface area contributed by atoms with Gasteiger partial charge in [-0.2, -0.15) is 0 Å². The molecular formula is C22H22N4O4S. The predicted octanol–water partition coefficient (Wildman–Crippen LogP) is 3.31. The average molecular weight is 439 g/mol. The van der Waals surface area contributed by atoms with Gasteiger partial charge in [-0.15, -0.1) is 0 Å². The quantitative estimate of drug-likeness (QED) is 0.547. The summed E-state index contributed by atoms with van der Waals surface area (Å²) in [7, 11) is 3.09. The van der Waals surface area contributed by atoms with E-state index in [1.807, 2.05) is 30.3 Å². The van der Waals surface area contributed by atoms with Gasteiger partial charge < -0.3 is 20.1 Å². The Balaban J connectivity index is 1.50. The van der Waals surface area contributed by atoms with Gasteiger partial charge in [0.2, 0.25) is 10.7 Å². The number of benzene rings is 2. The van der Waals surface area contributed by atoms with E-state index in [0.29, 0.717) is 41.2 Å². The number of rotatable bonds is 7. The number of anilines is 1. The fourth-order valence-electron chi connectivity index (χ4n) is 3.60. The smallest absolute Gasteiger partial charge is 0.257 e. The second-order valence-electron chi connectivity index (χ2n) is 7.14. The maximum Gasteiger partial charge on any atom is 0.257 e. The summed E-state index contributed by atoms with van der Waals surface area (Å²) >= 11 is 5.35. The van der Waals surface area contributed by atoms with Gasteiger partial charge in [0.15, 0.2) is 11.5 Å². The van der Waals surface area contributed by atoms with Crippen LogP contribution in [-0.2, 0) is 11.3 Å². The zero-order chi connectivity index (χ0) is 22.0. The van der Waals surface area contributed by atoms with Crippen LogP contribution in [0.15, 0.2) is 42.5 Å². The summed E-state index contributed by atoms with van der Waals surface area (Å²) < 4.78 is 12.2. The van der Waals surface area contributed by atoms with Crippen molar-refractivity contribution in [3.63, 3.8) is 0 Å². The lowest BCUT2D eigenvalue weighted by molar-refractivity contribution is -0.121. The number of fused-ring (bicyclic) bond motifs is 3. The molecule has 8 nitrogen and oxygen atoms in total. The lowest BCUT2D eigenvalue weighted by atomic mass is 10.1. The van der Waals surface area contributed by atoms with E-state index in [1.165, 1.54) is 4.57 Å². The molecule has 1 atom stereocenters. The van der Waals surface area contributed by atoms with Crippen molar-refractivity contribution < 1.29 is 19.1 Å². The molecule has 0 aliphatic carbocycles. The first kappa shape index (κ1) is 20.8. The molecule has 2 aromatic carbocycles. The Labute approximate surface area is 184 Å². The standard InChI is InChI=1S/C22H22N4O4S/c1-29-17-10-14-16(11-18(17)30-2)25-22(31)26-20(14)24-15(21(26)28)8-9-19(27)23-12-13-6-4-3-5-7-13/h3-7,10-11,15,24H,8-9,12H2,1-2H3,(H,23,27). The molecule has 1 amide bonds. The highest BCUT2D eigenvalue weighted by Gasteiger charge is 2.32. The molecule has 0 fully saturated rings. The van der Waals surface area contributed by atoms with Gasteiger partial charge in [0.05, 0.1) is 19.7 Å². The Bertz CT molecular complexity index is 1210. The van der Waals surface area contributed by atoms with Crippen LogP contribution < -0.4 is 20.1 Å². The van der Waals surface area contributed by atoms with Gasteiger partial charge in [-0.05, 0) is 30.3 Å². The van der Waals surface area contributed by atoms with E-state index >= 15 is 0 Å². The van der Waals surface area contributed by atoms with Gasteiger partial charge in [-0.3, -0.25) is 9.59 Å². The highest BCUT2D eigenvalue weighted by atomic mass is 32.1. The molecule has 0 spiro atoms. The highest BCUT2D eigenvalue weighted by Crippen LogP contribution is 2.36. The van der Waals surface area contributed by atoms with Crippen LogP contribution in [-0.4, -0.2) is 41.6 Å². The molecular weight excluding hydrogens is 416 g/mol. The summed E-state index contributed by atoms with van der Waals surface area (Å²) in [5.41, 5.74) is 1.61. The molecule has 3 aromatic rings. The normalized spacial score (nSPS) is 14.8. The van der Waals surface area contributed by atoms with Crippen molar-refractivity contribution in [1.29, 1.82) is 0 Å². The van der Waals surface area contributed by atoms with Crippen molar-refractivity contribution in [3.8, 4) is 11.5 Å². The minimum Gasteiger partial charge on any atom is -0.493 e. The summed E-state index contributed by atoms with van der Waals surface area (Å²) in [5, 5.41) is 6.79. The zero-order valence-electron chi connectivity index (χ0n) is 17.2. The van der Waals surface area contributed by atoms with Crippen molar-refractivity contribution in [1.82, 2.24) is 14.9 Å². The Morgan fingerprint density at radius 1 is 1.19 bits per heavy atom. The van der Waals surface area contributed by atoms with Gasteiger partial charge in [0.25, 0.3) is 5.91 Å². The van der Waals surface area contributed by atoms with Crippen LogP contribution in [0.3, 0.4) is 0 Å². The summed E-state index contributed by atoms with van der Waals surface area (Å²) in [6, 6.07) is 12.6. The second-order valence-corrected chi connectivity index (χ2v) is 7.50. The number of aromatic nitrogens is 2. The third kappa shape index (κ3) is 4.09. The number of carbonyl (C=O) groups excluding carboxylic acids is 2. The zero-order valence-corrected chi connectivity index (χ0v) is 18.0. The van der Waals surface area contributed by atoms with E-state index in [1.54, 1.807) is 26.4 Å². The van der Waals surface area contributed by atoms with Gasteiger partial charge in [0, 0.05) is 24.4 Å². The van der Waals surface area contributed by atoms with E-state index in [2.05, 4.69) is 15.6 Å². The molecule has 0 radical (unpaired) electrons. The van der Waals surface area contributed by atoms with E-state index in [4.69, 9.17) is 21.7 Å². The molecule has 31 heavy (non-hydrogen) atoms. The number of methoxy groups -OCH3 is 2. The monoisotopic (exact) mass is 438 g/mol. The molecule has 0 saturated heterocycles. The van der Waals surface area contributed by atoms with Crippen LogP contribution in [0.1, 0.15) is 23.2 Å². The number of nitrogens with zero attached hydrogens (tertiary/aromatic N) is 2. The van der Waals surface area contributed by atoms with Gasteiger partial charge in [-0.25, -0.2) is 9.55 Å². The van der Waals surface area contributed by atoms with Crippen LogP contribution in [0.5, 0.6) is 11.5 Å². The van der Waals surface area contributed by atoms with E-state index in [9.17, 15) is 9.59 Å². The fraction of sp³-hybridized carbons (Fsp3) is 0.273. The first-order valence-corrected chi connectivity index (χ1v) is 10.2. The summed E-state index contributed by atoms with van der Waals surface area (Å²) in [6.45, 7) is 0.452. The number of nitrogens with one attached hydrogen (secondary N) is 2. The van der Waals surface area contributed by atoms with E-state index in [0.717, 1.165) is 5.56 Å². The van der Waals surface area contributed by atoms with Crippen molar-refractivity contribution in [2.45, 2.75) is 25.4 Å². The lowest BCUT2D eigenvalue weighted by Crippen LogP contribution is -2.29. The molecule has 1 unspecified atom stereocenters. The maximum atomic E-state index is 12.9. The Kier molecular flexibility index (Phi) is 5.85. The minimum absolute atomic E-state index is 0.118. The van der Waals surface area contributed by atoms with Crippen LogP contribution in [0.2, 0.25) is 0 Å². The van der Waals surface area contributed by atoms with Crippen LogP contribution >= 0.6 is 12.2 Å². The van der Waals surface area contributed by atoms with Gasteiger partial charge in [0.1, 0.15) is 11.9 Å². The summed E-state index contributed by atoms with van der Waals surface area (Å²) in [6.07, 6.45) is 0.546. The second kappa shape index (κ2) is 8.73. The topological polar surface area (TPSA) is 94.5 Å². The molecule has 1 aromatic heterocycles. The van der Waals surface area contributed by atoms with E-state index < -0.39 is 6.04 Å². The molecule has 4 rings (SSSR count). The van der Waals surface area contributed by atoms with E-state index in [-0.39, 0.29) is 23.0 Å². The van der Waals surface area contributed by atoms with Crippen LogP contribution in [0.25, 0.3) is 10.9 Å². The van der Waals surface area contributed by atoms with Crippen molar-refractivity contribution in [3.05, 3.63) is 52.8 Å². The number of ether oxygens (including phenoxy) is 2. The Morgan fingerprint density at radius 3 is 2.61 bits per heavy atom. The van der Waals surface area contributed by atoms with Crippen molar-refractivity contribution in [2.24, 2.45) is 0 Å². The highest BCUT2D eigenvalue weighted by molar-refractivity contribution is 7.71. The predicted molar refractivity (Wildman–Crippen MR) is 119 cm³/mol. The number of carbonyl (C=O) groups is 2. The molecule has 2 heterocycles. The summed E-state index contributed by atoms with van der Waals surface area (Å²) in [5.74, 6) is 1.26. The first-order valence-electron chi connectivity index (χ1n) is 9.82. The minimum atomic E-state index is -0.565. The molecule has 2 N–H and O–H groups in total. The largest absolute Gasteiger partial charge is 0.493 e. The van der Waals surface area contributed by atoms with Crippen LogP contribution in [0.4, 0.5) is 5.82 Å². The Hall–Kier alpha value is -3.46. The summed E-state index contributed by atoms with van der Waals surface area (Å²) in [4.78, 5) is 29.6. The average Bonchev–Trinajstić information content (AvgIpc) is 3.13.